The van der Waals surface area contributed by atoms with Gasteiger partial charge in [0.05, 0.1) is 6.10 Å². The lowest BCUT2D eigenvalue weighted by molar-refractivity contribution is -0.0260. The molecule has 92 valence electrons. The van der Waals surface area contributed by atoms with Crippen LogP contribution >= 0.6 is 0 Å². The van der Waals surface area contributed by atoms with Crippen LogP contribution in [0.15, 0.2) is 12.2 Å². The van der Waals surface area contributed by atoms with Crippen molar-refractivity contribution < 1.29 is 4.74 Å². The van der Waals surface area contributed by atoms with Crippen LogP contribution in [0.5, 0.6) is 0 Å². The Bertz CT molecular complexity index is 237. The second kappa shape index (κ2) is 5.83. The van der Waals surface area contributed by atoms with E-state index in [1.54, 1.807) is 0 Å². The van der Waals surface area contributed by atoms with E-state index in [1.165, 1.54) is 32.1 Å². The van der Waals surface area contributed by atoms with Gasteiger partial charge in [-0.2, -0.15) is 0 Å². The third-order valence-corrected chi connectivity index (χ3v) is 3.80. The van der Waals surface area contributed by atoms with Crippen molar-refractivity contribution in [1.29, 1.82) is 0 Å². The lowest BCUT2D eigenvalue weighted by Gasteiger charge is -2.35. The first kappa shape index (κ1) is 12.1. The summed E-state index contributed by atoms with van der Waals surface area (Å²) in [7, 11) is 0. The van der Waals surface area contributed by atoms with E-state index in [2.05, 4.69) is 31.3 Å². The second-order valence-electron chi connectivity index (χ2n) is 5.52. The van der Waals surface area contributed by atoms with Crippen molar-refractivity contribution >= 4 is 0 Å². The average molecular weight is 223 g/mol. The Morgan fingerprint density at radius 1 is 1.19 bits per heavy atom. The van der Waals surface area contributed by atoms with E-state index < -0.39 is 0 Å². The minimum absolute atomic E-state index is 0.463. The summed E-state index contributed by atoms with van der Waals surface area (Å²) < 4.78 is 5.80. The lowest BCUT2D eigenvalue weighted by atomic mass is 9.93. The molecule has 0 radical (unpaired) electrons. The van der Waals surface area contributed by atoms with Gasteiger partial charge in [-0.15, -0.1) is 0 Å². The summed E-state index contributed by atoms with van der Waals surface area (Å²) in [5.41, 5.74) is 0. The number of hydrogen-bond acceptors (Lipinski definition) is 2. The third-order valence-electron chi connectivity index (χ3n) is 3.80. The molecule has 3 atom stereocenters. The Labute approximate surface area is 99.4 Å². The van der Waals surface area contributed by atoms with Crippen molar-refractivity contribution in [3.63, 3.8) is 0 Å². The van der Waals surface area contributed by atoms with Crippen LogP contribution in [0.25, 0.3) is 0 Å². The van der Waals surface area contributed by atoms with Gasteiger partial charge in [-0.1, -0.05) is 26.0 Å². The fourth-order valence-electron chi connectivity index (χ4n) is 2.72. The molecule has 1 N–H and O–H groups in total. The van der Waals surface area contributed by atoms with Crippen molar-refractivity contribution in [1.82, 2.24) is 5.32 Å². The van der Waals surface area contributed by atoms with Gasteiger partial charge in [-0.05, 0) is 38.0 Å². The molecule has 0 aromatic rings. The molecule has 2 heteroatoms. The Morgan fingerprint density at radius 2 is 2.06 bits per heavy atom. The predicted octanol–water partition coefficient (Wildman–Crippen LogP) is 2.89. The van der Waals surface area contributed by atoms with E-state index in [0.717, 1.165) is 6.61 Å². The zero-order valence-corrected chi connectivity index (χ0v) is 10.6. The zero-order valence-electron chi connectivity index (χ0n) is 10.6. The topological polar surface area (TPSA) is 21.3 Å². The maximum Gasteiger partial charge on any atom is 0.0612 e. The van der Waals surface area contributed by atoms with Gasteiger partial charge in [-0.3, -0.25) is 0 Å². The molecule has 2 rings (SSSR count). The number of hydrogen-bond donors (Lipinski definition) is 1. The second-order valence-corrected chi connectivity index (χ2v) is 5.52. The summed E-state index contributed by atoms with van der Waals surface area (Å²) in [4.78, 5) is 0. The van der Waals surface area contributed by atoms with E-state index in [4.69, 9.17) is 4.74 Å². The van der Waals surface area contributed by atoms with Gasteiger partial charge in [0.25, 0.3) is 0 Å². The average Bonchev–Trinajstić information content (AvgIpc) is 2.30. The normalized spacial score (nSPS) is 35.6. The van der Waals surface area contributed by atoms with Crippen molar-refractivity contribution in [2.75, 3.05) is 6.61 Å². The number of allylic oxidation sites excluding steroid dienone is 1. The molecule has 0 aromatic carbocycles. The molecule has 3 unspecified atom stereocenters. The molecule has 2 nitrogen and oxygen atoms in total. The van der Waals surface area contributed by atoms with Gasteiger partial charge in [0.2, 0.25) is 0 Å². The highest BCUT2D eigenvalue weighted by Gasteiger charge is 2.26. The maximum atomic E-state index is 5.80. The van der Waals surface area contributed by atoms with Crippen molar-refractivity contribution in [2.24, 2.45) is 5.92 Å². The van der Waals surface area contributed by atoms with Gasteiger partial charge in [-0.25, -0.2) is 0 Å². The van der Waals surface area contributed by atoms with Crippen LogP contribution in [-0.2, 0) is 4.74 Å². The SMILES string of the molecule is CC(C)C1CC(NC2CC=CCC2)CCO1. The quantitative estimate of drug-likeness (QED) is 0.743. The van der Waals surface area contributed by atoms with Crippen LogP contribution in [0.4, 0.5) is 0 Å². The molecular formula is C14H25NO. The Balaban J connectivity index is 1.78. The highest BCUT2D eigenvalue weighted by atomic mass is 16.5. The van der Waals surface area contributed by atoms with Crippen molar-refractivity contribution in [3.8, 4) is 0 Å². The monoisotopic (exact) mass is 223 g/mol. The van der Waals surface area contributed by atoms with Crippen LogP contribution in [-0.4, -0.2) is 24.8 Å². The molecule has 0 spiro atoms. The predicted molar refractivity (Wildman–Crippen MR) is 67.5 cm³/mol. The van der Waals surface area contributed by atoms with Crippen LogP contribution in [0.2, 0.25) is 0 Å². The van der Waals surface area contributed by atoms with Crippen LogP contribution in [0.3, 0.4) is 0 Å². The molecule has 0 aromatic heterocycles. The standard InChI is InChI=1S/C14H25NO/c1-11(2)14-10-13(8-9-16-14)15-12-6-4-3-5-7-12/h3-4,11-15H,5-10H2,1-2H3. The maximum absolute atomic E-state index is 5.80. The van der Waals surface area contributed by atoms with Crippen molar-refractivity contribution in [3.05, 3.63) is 12.2 Å². The molecule has 2 aliphatic rings. The largest absolute Gasteiger partial charge is 0.378 e. The lowest BCUT2D eigenvalue weighted by Crippen LogP contribution is -2.45. The first-order valence-corrected chi connectivity index (χ1v) is 6.78. The van der Waals surface area contributed by atoms with Gasteiger partial charge < -0.3 is 10.1 Å². The molecule has 1 aliphatic carbocycles. The summed E-state index contributed by atoms with van der Waals surface area (Å²) in [5.74, 6) is 0.649. The van der Waals surface area contributed by atoms with Crippen LogP contribution < -0.4 is 5.32 Å². The van der Waals surface area contributed by atoms with E-state index in [0.29, 0.717) is 24.1 Å². The Hall–Kier alpha value is -0.340. The molecule has 1 saturated heterocycles. The fourth-order valence-corrected chi connectivity index (χ4v) is 2.72. The third kappa shape index (κ3) is 3.33. The first-order valence-electron chi connectivity index (χ1n) is 6.78. The molecule has 0 amide bonds. The zero-order chi connectivity index (χ0) is 11.4. The van der Waals surface area contributed by atoms with E-state index in [1.807, 2.05) is 0 Å². The van der Waals surface area contributed by atoms with Gasteiger partial charge >= 0.3 is 0 Å². The van der Waals surface area contributed by atoms with Crippen LogP contribution in [0, 0.1) is 5.92 Å². The number of rotatable bonds is 3. The highest BCUT2D eigenvalue weighted by Crippen LogP contribution is 2.22. The number of ether oxygens (including phenoxy) is 1. The molecule has 1 heterocycles. The van der Waals surface area contributed by atoms with Crippen LogP contribution in [0.1, 0.15) is 46.0 Å². The minimum atomic E-state index is 0.463. The molecule has 0 bridgehead atoms. The molecule has 0 saturated carbocycles. The number of nitrogens with one attached hydrogen (secondary N) is 1. The molecule has 1 aliphatic heterocycles. The summed E-state index contributed by atoms with van der Waals surface area (Å²) in [6, 6.07) is 1.39. The Kier molecular flexibility index (Phi) is 4.42. The first-order chi connectivity index (χ1) is 7.75. The summed E-state index contributed by atoms with van der Waals surface area (Å²) >= 11 is 0. The minimum Gasteiger partial charge on any atom is -0.378 e. The van der Waals surface area contributed by atoms with Gasteiger partial charge in [0.15, 0.2) is 0 Å². The van der Waals surface area contributed by atoms with E-state index in [9.17, 15) is 0 Å². The smallest absolute Gasteiger partial charge is 0.0612 e. The molecule has 1 fully saturated rings. The summed E-state index contributed by atoms with van der Waals surface area (Å²) in [6.45, 7) is 5.45. The fraction of sp³-hybridized carbons (Fsp3) is 0.857. The van der Waals surface area contributed by atoms with Gasteiger partial charge in [0, 0.05) is 18.7 Å². The van der Waals surface area contributed by atoms with E-state index in [-0.39, 0.29) is 0 Å². The highest BCUT2D eigenvalue weighted by molar-refractivity contribution is 4.94. The van der Waals surface area contributed by atoms with E-state index >= 15 is 0 Å². The van der Waals surface area contributed by atoms with Gasteiger partial charge in [0.1, 0.15) is 0 Å². The van der Waals surface area contributed by atoms with Crippen molar-refractivity contribution in [2.45, 2.75) is 64.1 Å². The summed E-state index contributed by atoms with van der Waals surface area (Å²) in [6.07, 6.45) is 11.2. The molecular weight excluding hydrogens is 198 g/mol. The summed E-state index contributed by atoms with van der Waals surface area (Å²) in [5, 5.41) is 3.81. The molecule has 16 heavy (non-hydrogen) atoms. The Morgan fingerprint density at radius 3 is 2.75 bits per heavy atom.